The Balaban J connectivity index is 2.51. The van der Waals surface area contributed by atoms with Crippen LogP contribution in [0.1, 0.15) is 23.6 Å². The number of hydrogen-bond acceptors (Lipinski definition) is 2. The zero-order chi connectivity index (χ0) is 9.42. The summed E-state index contributed by atoms with van der Waals surface area (Å²) in [5.74, 6) is 0. The highest BCUT2D eigenvalue weighted by Gasteiger charge is 2.26. The third-order valence-corrected chi connectivity index (χ3v) is 2.93. The lowest BCUT2D eigenvalue weighted by Crippen LogP contribution is -2.31. The van der Waals surface area contributed by atoms with Crippen molar-refractivity contribution in [1.82, 2.24) is 0 Å². The first-order chi connectivity index (χ1) is 6.20. The summed E-state index contributed by atoms with van der Waals surface area (Å²) in [4.78, 5) is 0. The zero-order valence-electron chi connectivity index (χ0n) is 7.20. The van der Waals surface area contributed by atoms with Gasteiger partial charge in [0, 0.05) is 5.02 Å². The van der Waals surface area contributed by atoms with Crippen molar-refractivity contribution in [1.29, 1.82) is 0 Å². The third kappa shape index (κ3) is 1.46. The highest BCUT2D eigenvalue weighted by Crippen LogP contribution is 2.33. The molecule has 0 heterocycles. The molecule has 0 saturated heterocycles. The Morgan fingerprint density at radius 2 is 2.23 bits per heavy atom. The van der Waals surface area contributed by atoms with Gasteiger partial charge in [-0.2, -0.15) is 0 Å². The minimum Gasteiger partial charge on any atom is -0.391 e. The summed E-state index contributed by atoms with van der Waals surface area (Å²) < 4.78 is 0. The van der Waals surface area contributed by atoms with Crippen molar-refractivity contribution in [2.45, 2.75) is 25.0 Å². The Kier molecular flexibility index (Phi) is 2.28. The van der Waals surface area contributed by atoms with Crippen LogP contribution >= 0.6 is 11.6 Å². The fraction of sp³-hybridized carbons (Fsp3) is 0.400. The van der Waals surface area contributed by atoms with Gasteiger partial charge < -0.3 is 10.8 Å². The van der Waals surface area contributed by atoms with Crippen LogP contribution in [-0.4, -0.2) is 11.2 Å². The molecule has 13 heavy (non-hydrogen) atoms. The minimum atomic E-state index is -0.451. The summed E-state index contributed by atoms with van der Waals surface area (Å²) in [6.07, 6.45) is 1.15. The summed E-state index contributed by atoms with van der Waals surface area (Å²) in [5, 5.41) is 10.2. The standard InChI is InChI=1S/C10H12ClNO/c11-7-3-1-2-6-4-5-8(13)10(12)9(6)7/h1-3,8,10,13H,4-5,12H2/t8-,10+/m1/s1. The maximum absolute atomic E-state index is 9.57. The lowest BCUT2D eigenvalue weighted by Gasteiger charge is -2.28. The Hall–Kier alpha value is -0.570. The van der Waals surface area contributed by atoms with Crippen molar-refractivity contribution in [2.75, 3.05) is 0 Å². The molecule has 0 saturated carbocycles. The van der Waals surface area contributed by atoms with Crippen LogP contribution < -0.4 is 5.73 Å². The van der Waals surface area contributed by atoms with E-state index < -0.39 is 6.10 Å². The molecule has 3 heteroatoms. The summed E-state index contributed by atoms with van der Waals surface area (Å²) >= 11 is 6.01. The molecular weight excluding hydrogens is 186 g/mol. The molecule has 0 spiro atoms. The van der Waals surface area contributed by atoms with Crippen LogP contribution in [-0.2, 0) is 6.42 Å². The SMILES string of the molecule is N[C@@H]1c2c(Cl)cccc2CC[C@H]1O. The number of nitrogens with two attached hydrogens (primary N) is 1. The van der Waals surface area contributed by atoms with Crippen LogP contribution in [0.4, 0.5) is 0 Å². The van der Waals surface area contributed by atoms with Crippen LogP contribution in [0.2, 0.25) is 5.02 Å². The predicted molar refractivity (Wildman–Crippen MR) is 52.7 cm³/mol. The molecule has 1 aliphatic carbocycles. The Morgan fingerprint density at radius 1 is 1.46 bits per heavy atom. The van der Waals surface area contributed by atoms with E-state index in [2.05, 4.69) is 0 Å². The molecule has 0 aliphatic heterocycles. The van der Waals surface area contributed by atoms with Gasteiger partial charge in [-0.1, -0.05) is 23.7 Å². The van der Waals surface area contributed by atoms with Gasteiger partial charge in [0.25, 0.3) is 0 Å². The minimum absolute atomic E-state index is 0.322. The Morgan fingerprint density at radius 3 is 3.00 bits per heavy atom. The van der Waals surface area contributed by atoms with Crippen molar-refractivity contribution in [2.24, 2.45) is 5.73 Å². The van der Waals surface area contributed by atoms with Gasteiger partial charge in [-0.15, -0.1) is 0 Å². The molecule has 0 amide bonds. The van der Waals surface area contributed by atoms with E-state index in [0.29, 0.717) is 5.02 Å². The molecule has 2 nitrogen and oxygen atoms in total. The second-order valence-corrected chi connectivity index (χ2v) is 3.85. The Bertz CT molecular complexity index is 327. The van der Waals surface area contributed by atoms with Gasteiger partial charge in [0.05, 0.1) is 12.1 Å². The van der Waals surface area contributed by atoms with E-state index in [1.807, 2.05) is 18.2 Å². The first-order valence-electron chi connectivity index (χ1n) is 4.41. The molecule has 0 radical (unpaired) electrons. The van der Waals surface area contributed by atoms with Gasteiger partial charge in [-0.25, -0.2) is 0 Å². The molecule has 1 aliphatic rings. The molecule has 70 valence electrons. The molecule has 0 unspecified atom stereocenters. The molecule has 2 atom stereocenters. The number of aliphatic hydroxyl groups is 1. The summed E-state index contributed by atoms with van der Waals surface area (Å²) in [7, 11) is 0. The third-order valence-electron chi connectivity index (χ3n) is 2.60. The van der Waals surface area contributed by atoms with Gasteiger partial charge in [-0.3, -0.25) is 0 Å². The van der Waals surface area contributed by atoms with E-state index in [1.54, 1.807) is 0 Å². The Labute approximate surface area is 82.3 Å². The zero-order valence-corrected chi connectivity index (χ0v) is 7.96. The summed E-state index contributed by atoms with van der Waals surface area (Å²) in [6, 6.07) is 5.44. The van der Waals surface area contributed by atoms with Crippen LogP contribution in [0.5, 0.6) is 0 Å². The van der Waals surface area contributed by atoms with Crippen LogP contribution in [0, 0.1) is 0 Å². The number of fused-ring (bicyclic) bond motifs is 1. The predicted octanol–water partition coefficient (Wildman–Crippen LogP) is 1.65. The first-order valence-corrected chi connectivity index (χ1v) is 4.79. The smallest absolute Gasteiger partial charge is 0.0736 e. The molecule has 3 N–H and O–H groups in total. The molecule has 0 aromatic heterocycles. The fourth-order valence-electron chi connectivity index (χ4n) is 1.85. The van der Waals surface area contributed by atoms with Crippen LogP contribution in [0.15, 0.2) is 18.2 Å². The maximum atomic E-state index is 9.57. The highest BCUT2D eigenvalue weighted by atomic mass is 35.5. The van der Waals surface area contributed by atoms with Gasteiger partial charge in [0.2, 0.25) is 0 Å². The second kappa shape index (κ2) is 3.29. The lowest BCUT2D eigenvalue weighted by atomic mass is 9.86. The topological polar surface area (TPSA) is 46.2 Å². The number of benzene rings is 1. The van der Waals surface area contributed by atoms with Gasteiger partial charge >= 0.3 is 0 Å². The molecule has 0 bridgehead atoms. The average Bonchev–Trinajstić information content (AvgIpc) is 2.12. The van der Waals surface area contributed by atoms with E-state index in [-0.39, 0.29) is 6.04 Å². The monoisotopic (exact) mass is 197 g/mol. The van der Waals surface area contributed by atoms with Crippen LogP contribution in [0.3, 0.4) is 0 Å². The van der Waals surface area contributed by atoms with E-state index in [4.69, 9.17) is 17.3 Å². The fourth-order valence-corrected chi connectivity index (χ4v) is 2.17. The van der Waals surface area contributed by atoms with E-state index in [1.165, 1.54) is 5.56 Å². The van der Waals surface area contributed by atoms with E-state index in [0.717, 1.165) is 18.4 Å². The second-order valence-electron chi connectivity index (χ2n) is 3.44. The van der Waals surface area contributed by atoms with Gasteiger partial charge in [0.15, 0.2) is 0 Å². The number of halogens is 1. The van der Waals surface area contributed by atoms with Crippen molar-refractivity contribution in [3.8, 4) is 0 Å². The molecule has 0 fully saturated rings. The van der Waals surface area contributed by atoms with Crippen molar-refractivity contribution in [3.63, 3.8) is 0 Å². The summed E-state index contributed by atoms with van der Waals surface area (Å²) in [6.45, 7) is 0. The highest BCUT2D eigenvalue weighted by molar-refractivity contribution is 6.31. The number of hydrogen-bond donors (Lipinski definition) is 2. The summed E-state index contributed by atoms with van der Waals surface area (Å²) in [5.41, 5.74) is 7.95. The van der Waals surface area contributed by atoms with Crippen LogP contribution in [0.25, 0.3) is 0 Å². The van der Waals surface area contributed by atoms with Crippen molar-refractivity contribution in [3.05, 3.63) is 34.3 Å². The normalized spacial score (nSPS) is 27.0. The number of aliphatic hydroxyl groups excluding tert-OH is 1. The quantitative estimate of drug-likeness (QED) is 0.665. The molecule has 1 aromatic carbocycles. The van der Waals surface area contributed by atoms with E-state index >= 15 is 0 Å². The lowest BCUT2D eigenvalue weighted by molar-refractivity contribution is 0.128. The average molecular weight is 198 g/mol. The van der Waals surface area contributed by atoms with Crippen molar-refractivity contribution >= 4 is 11.6 Å². The number of rotatable bonds is 0. The molecule has 2 rings (SSSR count). The maximum Gasteiger partial charge on any atom is 0.0736 e. The molecule has 1 aromatic rings. The van der Waals surface area contributed by atoms with Gasteiger partial charge in [-0.05, 0) is 30.0 Å². The molecular formula is C10H12ClNO. The number of aryl methyl sites for hydroxylation is 1. The first kappa shape index (κ1) is 9.00. The van der Waals surface area contributed by atoms with Gasteiger partial charge in [0.1, 0.15) is 0 Å². The van der Waals surface area contributed by atoms with Crippen molar-refractivity contribution < 1.29 is 5.11 Å². The van der Waals surface area contributed by atoms with E-state index in [9.17, 15) is 5.11 Å². The largest absolute Gasteiger partial charge is 0.391 e.